The minimum Gasteiger partial charge on any atom is -0.490 e. The summed E-state index contributed by atoms with van der Waals surface area (Å²) in [6.07, 6.45) is 0.767. The minimum atomic E-state index is -0.528. The molecule has 1 unspecified atom stereocenters. The SMILES string of the molecule is CCC(C)Oc1ccc([N+](=O)[O-])cc1C(C)=O. The van der Waals surface area contributed by atoms with Gasteiger partial charge in [0.25, 0.3) is 5.69 Å². The first-order valence-corrected chi connectivity index (χ1v) is 5.41. The van der Waals surface area contributed by atoms with E-state index in [1.54, 1.807) is 0 Å². The van der Waals surface area contributed by atoms with Crippen LogP contribution in [-0.4, -0.2) is 16.8 Å². The zero-order valence-electron chi connectivity index (χ0n) is 10.1. The summed E-state index contributed by atoms with van der Waals surface area (Å²) < 4.78 is 5.55. The fourth-order valence-corrected chi connectivity index (χ4v) is 1.31. The Hall–Kier alpha value is -1.91. The van der Waals surface area contributed by atoms with E-state index in [-0.39, 0.29) is 23.1 Å². The second-order valence-corrected chi connectivity index (χ2v) is 3.83. The third kappa shape index (κ3) is 3.27. The number of nitro benzene ring substituents is 1. The third-order valence-electron chi connectivity index (χ3n) is 2.46. The largest absolute Gasteiger partial charge is 0.490 e. The quantitative estimate of drug-likeness (QED) is 0.448. The van der Waals surface area contributed by atoms with Crippen molar-refractivity contribution < 1.29 is 14.5 Å². The molecule has 0 N–H and O–H groups in total. The van der Waals surface area contributed by atoms with Crippen LogP contribution in [0.3, 0.4) is 0 Å². The lowest BCUT2D eigenvalue weighted by Gasteiger charge is -2.14. The smallest absolute Gasteiger partial charge is 0.270 e. The maximum absolute atomic E-state index is 11.4. The highest BCUT2D eigenvalue weighted by Gasteiger charge is 2.16. The summed E-state index contributed by atoms with van der Waals surface area (Å²) in [4.78, 5) is 21.5. The van der Waals surface area contributed by atoms with Gasteiger partial charge in [0.1, 0.15) is 5.75 Å². The molecule has 5 heteroatoms. The monoisotopic (exact) mass is 237 g/mol. The number of benzene rings is 1. The number of ketones is 1. The Balaban J connectivity index is 3.13. The van der Waals surface area contributed by atoms with Gasteiger partial charge in [-0.15, -0.1) is 0 Å². The molecule has 1 rings (SSSR count). The van der Waals surface area contributed by atoms with E-state index in [9.17, 15) is 14.9 Å². The highest BCUT2D eigenvalue weighted by molar-refractivity contribution is 5.97. The van der Waals surface area contributed by atoms with Gasteiger partial charge in [-0.25, -0.2) is 0 Å². The Morgan fingerprint density at radius 2 is 2.18 bits per heavy atom. The van der Waals surface area contributed by atoms with Crippen LogP contribution in [0.25, 0.3) is 0 Å². The number of carbonyl (C=O) groups is 1. The molecule has 0 amide bonds. The number of rotatable bonds is 5. The minimum absolute atomic E-state index is 0.0328. The molecule has 0 saturated carbocycles. The number of ether oxygens (including phenoxy) is 1. The summed E-state index contributed by atoms with van der Waals surface area (Å²) in [5.74, 6) is 0.157. The van der Waals surface area contributed by atoms with E-state index in [2.05, 4.69) is 0 Å². The standard InChI is InChI=1S/C12H15NO4/c1-4-8(2)17-12-6-5-10(13(15)16)7-11(12)9(3)14/h5-8H,4H2,1-3H3. The maximum atomic E-state index is 11.4. The van der Waals surface area contributed by atoms with Crippen molar-refractivity contribution in [1.29, 1.82) is 0 Å². The van der Waals surface area contributed by atoms with Crippen LogP contribution in [-0.2, 0) is 0 Å². The Morgan fingerprint density at radius 3 is 2.65 bits per heavy atom. The fraction of sp³-hybridized carbons (Fsp3) is 0.417. The molecule has 0 heterocycles. The van der Waals surface area contributed by atoms with Crippen molar-refractivity contribution in [3.63, 3.8) is 0 Å². The second kappa shape index (κ2) is 5.43. The topological polar surface area (TPSA) is 69.4 Å². The average Bonchev–Trinajstić information content (AvgIpc) is 2.28. The normalized spacial score (nSPS) is 11.9. The van der Waals surface area contributed by atoms with E-state index < -0.39 is 4.92 Å². The van der Waals surface area contributed by atoms with Crippen LogP contribution in [0.2, 0.25) is 0 Å². The summed E-state index contributed by atoms with van der Waals surface area (Å²) in [7, 11) is 0. The highest BCUT2D eigenvalue weighted by Crippen LogP contribution is 2.25. The van der Waals surface area contributed by atoms with Crippen LogP contribution >= 0.6 is 0 Å². The molecule has 1 aromatic carbocycles. The van der Waals surface area contributed by atoms with Crippen molar-refractivity contribution in [1.82, 2.24) is 0 Å². The molecule has 0 aliphatic heterocycles. The van der Waals surface area contributed by atoms with Crippen LogP contribution in [0.1, 0.15) is 37.6 Å². The number of Topliss-reactive ketones (excluding diaryl/α,β-unsaturated/α-hetero) is 1. The molecule has 0 aliphatic rings. The van der Waals surface area contributed by atoms with Gasteiger partial charge in [0.2, 0.25) is 0 Å². The lowest BCUT2D eigenvalue weighted by atomic mass is 10.1. The molecule has 0 saturated heterocycles. The van der Waals surface area contributed by atoms with Crippen LogP contribution < -0.4 is 4.74 Å². The van der Waals surface area contributed by atoms with Crippen molar-refractivity contribution >= 4 is 11.5 Å². The molecule has 92 valence electrons. The molecule has 0 fully saturated rings. The summed E-state index contributed by atoms with van der Waals surface area (Å²) in [6, 6.07) is 4.06. The molecule has 0 aliphatic carbocycles. The molecule has 5 nitrogen and oxygen atoms in total. The summed E-state index contributed by atoms with van der Waals surface area (Å²) in [5.41, 5.74) is 0.145. The lowest BCUT2D eigenvalue weighted by Crippen LogP contribution is -2.12. The number of non-ortho nitro benzene ring substituents is 1. The van der Waals surface area contributed by atoms with E-state index in [0.717, 1.165) is 6.42 Å². The van der Waals surface area contributed by atoms with Gasteiger partial charge in [-0.2, -0.15) is 0 Å². The van der Waals surface area contributed by atoms with E-state index in [0.29, 0.717) is 5.75 Å². The van der Waals surface area contributed by atoms with E-state index in [4.69, 9.17) is 4.74 Å². The van der Waals surface area contributed by atoms with Crippen LogP contribution in [0, 0.1) is 10.1 Å². The summed E-state index contributed by atoms with van der Waals surface area (Å²) in [5, 5.41) is 10.6. The van der Waals surface area contributed by atoms with Crippen molar-refractivity contribution in [2.75, 3.05) is 0 Å². The van der Waals surface area contributed by atoms with Crippen molar-refractivity contribution in [2.45, 2.75) is 33.3 Å². The molecule has 0 bridgehead atoms. The van der Waals surface area contributed by atoms with Crippen molar-refractivity contribution in [2.24, 2.45) is 0 Å². The molecular weight excluding hydrogens is 222 g/mol. The number of nitro groups is 1. The summed E-state index contributed by atoms with van der Waals surface area (Å²) >= 11 is 0. The van der Waals surface area contributed by atoms with Gasteiger partial charge >= 0.3 is 0 Å². The van der Waals surface area contributed by atoms with Crippen LogP contribution in [0.5, 0.6) is 5.75 Å². The van der Waals surface area contributed by atoms with Gasteiger partial charge in [-0.3, -0.25) is 14.9 Å². The lowest BCUT2D eigenvalue weighted by molar-refractivity contribution is -0.384. The van der Waals surface area contributed by atoms with Crippen LogP contribution in [0.4, 0.5) is 5.69 Å². The van der Waals surface area contributed by atoms with Crippen molar-refractivity contribution in [3.8, 4) is 5.75 Å². The number of hydrogen-bond donors (Lipinski definition) is 0. The predicted molar refractivity (Wildman–Crippen MR) is 63.5 cm³/mol. The van der Waals surface area contributed by atoms with E-state index in [1.807, 2.05) is 13.8 Å². The third-order valence-corrected chi connectivity index (χ3v) is 2.46. The first kappa shape index (κ1) is 13.2. The number of carbonyl (C=O) groups excluding carboxylic acids is 1. The Kier molecular flexibility index (Phi) is 4.20. The Morgan fingerprint density at radius 1 is 1.53 bits per heavy atom. The van der Waals surface area contributed by atoms with Crippen LogP contribution in [0.15, 0.2) is 18.2 Å². The molecule has 0 spiro atoms. The molecule has 0 aromatic heterocycles. The zero-order chi connectivity index (χ0) is 13.0. The number of nitrogens with zero attached hydrogens (tertiary/aromatic N) is 1. The number of hydrogen-bond acceptors (Lipinski definition) is 4. The van der Waals surface area contributed by atoms with Gasteiger partial charge in [0.05, 0.1) is 16.6 Å². The molecule has 1 atom stereocenters. The molecular formula is C12H15NO4. The van der Waals surface area contributed by atoms with Gasteiger partial charge < -0.3 is 4.74 Å². The molecule has 0 radical (unpaired) electrons. The Bertz CT molecular complexity index is 442. The average molecular weight is 237 g/mol. The zero-order valence-corrected chi connectivity index (χ0v) is 10.1. The van der Waals surface area contributed by atoms with E-state index in [1.165, 1.54) is 25.1 Å². The van der Waals surface area contributed by atoms with Crippen molar-refractivity contribution in [3.05, 3.63) is 33.9 Å². The molecule has 1 aromatic rings. The molecule has 17 heavy (non-hydrogen) atoms. The van der Waals surface area contributed by atoms with Gasteiger partial charge in [-0.1, -0.05) is 6.92 Å². The first-order chi connectivity index (χ1) is 7.95. The van der Waals surface area contributed by atoms with Gasteiger partial charge in [-0.05, 0) is 26.3 Å². The van der Waals surface area contributed by atoms with Gasteiger partial charge in [0.15, 0.2) is 5.78 Å². The van der Waals surface area contributed by atoms with E-state index >= 15 is 0 Å². The first-order valence-electron chi connectivity index (χ1n) is 5.41. The summed E-state index contributed by atoms with van der Waals surface area (Å²) in [6.45, 7) is 5.21. The maximum Gasteiger partial charge on any atom is 0.270 e. The fourth-order valence-electron chi connectivity index (χ4n) is 1.31. The second-order valence-electron chi connectivity index (χ2n) is 3.83. The Labute approximate surface area is 99.5 Å². The highest BCUT2D eigenvalue weighted by atomic mass is 16.6. The van der Waals surface area contributed by atoms with Gasteiger partial charge in [0, 0.05) is 12.1 Å². The predicted octanol–water partition coefficient (Wildman–Crippen LogP) is 2.97.